The van der Waals surface area contributed by atoms with Crippen LogP contribution in [0.15, 0.2) is 48.8 Å². The van der Waals surface area contributed by atoms with Crippen molar-refractivity contribution >= 4 is 17.5 Å². The molecule has 35 heavy (non-hydrogen) atoms. The van der Waals surface area contributed by atoms with E-state index < -0.39 is 5.92 Å². The topological polar surface area (TPSA) is 85.6 Å². The van der Waals surface area contributed by atoms with Gasteiger partial charge < -0.3 is 10.1 Å². The van der Waals surface area contributed by atoms with E-state index in [1.807, 2.05) is 47.0 Å². The lowest BCUT2D eigenvalue weighted by molar-refractivity contribution is -0.142. The average Bonchev–Trinajstić information content (AvgIpc) is 3.28. The maximum Gasteiger partial charge on any atom is 0.315 e. The summed E-state index contributed by atoms with van der Waals surface area (Å²) in [5.74, 6) is 1.61. The zero-order valence-electron chi connectivity index (χ0n) is 20.2. The Hall–Kier alpha value is -3.22. The highest BCUT2D eigenvalue weighted by Gasteiger charge is 2.50. The van der Waals surface area contributed by atoms with Crippen molar-refractivity contribution in [1.29, 1.82) is 0 Å². The smallest absolute Gasteiger partial charge is 0.315 e. The second-order valence-electron chi connectivity index (χ2n) is 11.0. The summed E-state index contributed by atoms with van der Waals surface area (Å²) in [5, 5.41) is 3.28. The molecule has 7 heteroatoms. The first-order valence-electron chi connectivity index (χ1n) is 12.8. The maximum atomic E-state index is 13.3. The molecule has 4 saturated carbocycles. The van der Waals surface area contributed by atoms with Crippen LogP contribution in [0.1, 0.15) is 66.3 Å². The number of hydrogen-bond donors (Lipinski definition) is 1. The molecule has 182 valence electrons. The van der Waals surface area contributed by atoms with E-state index in [-0.39, 0.29) is 17.3 Å². The predicted molar refractivity (Wildman–Crippen MR) is 131 cm³/mol. The van der Waals surface area contributed by atoms with Gasteiger partial charge in [-0.3, -0.25) is 19.0 Å². The van der Waals surface area contributed by atoms with Crippen LogP contribution in [0.5, 0.6) is 0 Å². The third-order valence-electron chi connectivity index (χ3n) is 8.51. The third-order valence-corrected chi connectivity index (χ3v) is 8.51. The molecule has 0 aromatic carbocycles. The van der Waals surface area contributed by atoms with E-state index in [0.717, 1.165) is 24.3 Å². The maximum absolute atomic E-state index is 13.3. The Morgan fingerprint density at radius 2 is 1.83 bits per heavy atom. The first-order valence-corrected chi connectivity index (χ1v) is 12.8. The van der Waals surface area contributed by atoms with Gasteiger partial charge in [0, 0.05) is 25.4 Å². The summed E-state index contributed by atoms with van der Waals surface area (Å²) in [7, 11) is 1.38. The second kappa shape index (κ2) is 8.77. The van der Waals surface area contributed by atoms with Gasteiger partial charge in [0.2, 0.25) is 0 Å². The molecule has 4 fully saturated rings. The number of imidazole rings is 1. The van der Waals surface area contributed by atoms with Gasteiger partial charge in [-0.2, -0.15) is 0 Å². The summed E-state index contributed by atoms with van der Waals surface area (Å²) < 4.78 is 6.86. The molecule has 0 spiro atoms. The Labute approximate surface area is 205 Å². The zero-order valence-corrected chi connectivity index (χ0v) is 20.2. The largest absolute Gasteiger partial charge is 0.468 e. The molecule has 0 radical (unpaired) electrons. The van der Waals surface area contributed by atoms with Crippen molar-refractivity contribution in [1.82, 2.24) is 19.7 Å². The normalized spacial score (nSPS) is 27.6. The molecule has 7 nitrogen and oxygen atoms in total. The monoisotopic (exact) mass is 472 g/mol. The van der Waals surface area contributed by atoms with Crippen LogP contribution in [0.2, 0.25) is 0 Å². The van der Waals surface area contributed by atoms with Gasteiger partial charge >= 0.3 is 5.97 Å². The molecule has 4 bridgehead atoms. The Morgan fingerprint density at radius 1 is 1.09 bits per heavy atom. The van der Waals surface area contributed by atoms with E-state index in [0.29, 0.717) is 29.1 Å². The van der Waals surface area contributed by atoms with Gasteiger partial charge in [-0.25, -0.2) is 4.98 Å². The van der Waals surface area contributed by atoms with Crippen LogP contribution in [0.25, 0.3) is 5.65 Å². The highest BCUT2D eigenvalue weighted by molar-refractivity contribution is 5.93. The minimum absolute atomic E-state index is 0.0652. The first kappa shape index (κ1) is 22.3. The summed E-state index contributed by atoms with van der Waals surface area (Å²) in [4.78, 5) is 34.9. The fourth-order valence-corrected chi connectivity index (χ4v) is 7.45. The number of methoxy groups -OCH3 is 1. The lowest BCUT2D eigenvalue weighted by Gasteiger charge is -2.56. The molecule has 3 aromatic rings. The van der Waals surface area contributed by atoms with Crippen LogP contribution < -0.4 is 5.32 Å². The molecular weight excluding hydrogens is 440 g/mol. The highest BCUT2D eigenvalue weighted by atomic mass is 16.5. The molecule has 1 atom stereocenters. The average molecular weight is 473 g/mol. The number of amides is 1. The standard InChI is InChI=1S/C28H32N4O3/c1-35-27(34)22(23-5-2-3-8-29-23)12-21-16-32-24(6-4-7-25(32)31-21)26(33)30-17-28-13-18-9-19(14-28)11-20(10-18)15-28/h2-8,16,18-20,22H,9-15,17H2,1H3,(H,30,33). The number of aromatic nitrogens is 3. The number of pyridine rings is 2. The van der Waals surface area contributed by atoms with E-state index in [1.54, 1.807) is 6.20 Å². The quantitative estimate of drug-likeness (QED) is 0.522. The summed E-state index contributed by atoms with van der Waals surface area (Å²) in [5.41, 5.74) is 2.90. The fraction of sp³-hybridized carbons (Fsp3) is 0.500. The van der Waals surface area contributed by atoms with Gasteiger partial charge in [0.25, 0.3) is 5.91 Å². The molecule has 7 rings (SSSR count). The predicted octanol–water partition coefficient (Wildman–Crippen LogP) is 4.17. The molecule has 3 aromatic heterocycles. The summed E-state index contributed by atoms with van der Waals surface area (Å²) in [6, 6.07) is 11.1. The van der Waals surface area contributed by atoms with Crippen LogP contribution in [0.4, 0.5) is 0 Å². The minimum atomic E-state index is -0.556. The van der Waals surface area contributed by atoms with E-state index in [9.17, 15) is 9.59 Å². The second-order valence-corrected chi connectivity index (χ2v) is 11.0. The van der Waals surface area contributed by atoms with Gasteiger partial charge in [0.1, 0.15) is 17.3 Å². The third kappa shape index (κ3) is 4.21. The first-order chi connectivity index (χ1) is 17.0. The number of carbonyl (C=O) groups is 2. The highest BCUT2D eigenvalue weighted by Crippen LogP contribution is 2.59. The van der Waals surface area contributed by atoms with E-state index in [4.69, 9.17) is 9.72 Å². The zero-order chi connectivity index (χ0) is 24.0. The van der Waals surface area contributed by atoms with Crippen LogP contribution in [-0.2, 0) is 16.0 Å². The SMILES string of the molecule is COC(=O)C(Cc1cn2c(C(=O)NCC34CC5CC(CC(C5)C3)C4)cccc2n1)c1ccccn1. The summed E-state index contributed by atoms with van der Waals surface area (Å²) in [6.45, 7) is 0.761. The number of ether oxygens (including phenoxy) is 1. The van der Waals surface area contributed by atoms with Crippen molar-refractivity contribution < 1.29 is 14.3 Å². The van der Waals surface area contributed by atoms with Crippen molar-refractivity contribution in [2.75, 3.05) is 13.7 Å². The number of esters is 1. The molecule has 1 unspecified atom stereocenters. The fourth-order valence-electron chi connectivity index (χ4n) is 7.45. The number of nitrogens with one attached hydrogen (secondary N) is 1. The molecular formula is C28H32N4O3. The van der Waals surface area contributed by atoms with Gasteiger partial charge in [0.05, 0.1) is 18.5 Å². The van der Waals surface area contributed by atoms with Gasteiger partial charge in [-0.05, 0) is 86.0 Å². The molecule has 4 aliphatic carbocycles. The van der Waals surface area contributed by atoms with Crippen molar-refractivity contribution in [3.05, 3.63) is 65.9 Å². The van der Waals surface area contributed by atoms with Crippen LogP contribution in [-0.4, -0.2) is 39.9 Å². The van der Waals surface area contributed by atoms with Gasteiger partial charge in [-0.1, -0.05) is 12.1 Å². The van der Waals surface area contributed by atoms with Crippen molar-refractivity contribution in [2.24, 2.45) is 23.2 Å². The molecule has 0 saturated heterocycles. The molecule has 4 aliphatic rings. The minimum Gasteiger partial charge on any atom is -0.468 e. The number of carbonyl (C=O) groups excluding carboxylic acids is 2. The Bertz CT molecular complexity index is 1220. The number of nitrogens with zero attached hydrogens (tertiary/aromatic N) is 3. The van der Waals surface area contributed by atoms with Crippen molar-refractivity contribution in [2.45, 2.75) is 50.9 Å². The number of rotatable bonds is 7. The van der Waals surface area contributed by atoms with Gasteiger partial charge in [0.15, 0.2) is 0 Å². The lowest BCUT2D eigenvalue weighted by Crippen LogP contribution is -2.51. The Balaban J connectivity index is 1.21. The molecule has 0 aliphatic heterocycles. The molecule has 1 amide bonds. The van der Waals surface area contributed by atoms with E-state index >= 15 is 0 Å². The number of hydrogen-bond acceptors (Lipinski definition) is 5. The number of fused-ring (bicyclic) bond motifs is 1. The Kier molecular flexibility index (Phi) is 5.58. The van der Waals surface area contributed by atoms with Crippen LogP contribution >= 0.6 is 0 Å². The van der Waals surface area contributed by atoms with Crippen molar-refractivity contribution in [3.8, 4) is 0 Å². The lowest BCUT2D eigenvalue weighted by atomic mass is 9.49. The van der Waals surface area contributed by atoms with E-state index in [2.05, 4.69) is 10.3 Å². The van der Waals surface area contributed by atoms with Gasteiger partial charge in [-0.15, -0.1) is 0 Å². The van der Waals surface area contributed by atoms with Crippen LogP contribution in [0.3, 0.4) is 0 Å². The van der Waals surface area contributed by atoms with E-state index in [1.165, 1.54) is 45.6 Å². The van der Waals surface area contributed by atoms with Crippen LogP contribution in [0, 0.1) is 23.2 Å². The molecule has 3 heterocycles. The Morgan fingerprint density at radius 3 is 2.49 bits per heavy atom. The summed E-state index contributed by atoms with van der Waals surface area (Å²) >= 11 is 0. The molecule has 1 N–H and O–H groups in total. The van der Waals surface area contributed by atoms with Crippen molar-refractivity contribution in [3.63, 3.8) is 0 Å². The summed E-state index contributed by atoms with van der Waals surface area (Å²) in [6.07, 6.45) is 11.9.